The molecule has 0 aliphatic heterocycles. The summed E-state index contributed by atoms with van der Waals surface area (Å²) in [6.45, 7) is 0. The Labute approximate surface area is 108 Å². The molecular formula is C13H9ClN2S. The van der Waals surface area contributed by atoms with Gasteiger partial charge in [0.25, 0.3) is 0 Å². The second-order valence-electron chi connectivity index (χ2n) is 3.62. The lowest BCUT2D eigenvalue weighted by molar-refractivity contribution is 1.33. The van der Waals surface area contributed by atoms with Gasteiger partial charge in [-0.3, -0.25) is 4.98 Å². The van der Waals surface area contributed by atoms with Crippen LogP contribution in [0.4, 0.5) is 11.4 Å². The first-order chi connectivity index (χ1) is 8.34. The van der Waals surface area contributed by atoms with E-state index in [9.17, 15) is 0 Å². The maximum atomic E-state index is 6.22. The van der Waals surface area contributed by atoms with Gasteiger partial charge in [0, 0.05) is 33.5 Å². The Kier molecular flexibility index (Phi) is 2.71. The van der Waals surface area contributed by atoms with E-state index in [0.29, 0.717) is 0 Å². The van der Waals surface area contributed by atoms with Crippen LogP contribution in [0.3, 0.4) is 0 Å². The van der Waals surface area contributed by atoms with E-state index in [1.807, 2.05) is 24.3 Å². The number of hydrogen-bond donors (Lipinski definition) is 1. The van der Waals surface area contributed by atoms with Crippen molar-refractivity contribution in [2.75, 3.05) is 5.32 Å². The molecule has 3 rings (SSSR count). The number of rotatable bonds is 2. The average Bonchev–Trinajstić information content (AvgIpc) is 2.75. The van der Waals surface area contributed by atoms with E-state index in [0.717, 1.165) is 21.8 Å². The summed E-state index contributed by atoms with van der Waals surface area (Å²) in [7, 11) is 0. The number of thiophene rings is 1. The fourth-order valence-corrected chi connectivity index (χ4v) is 2.98. The zero-order valence-corrected chi connectivity index (χ0v) is 10.4. The van der Waals surface area contributed by atoms with Crippen LogP contribution >= 0.6 is 22.9 Å². The monoisotopic (exact) mass is 260 g/mol. The molecule has 2 heterocycles. The Morgan fingerprint density at radius 1 is 1.12 bits per heavy atom. The number of aromatic nitrogens is 1. The Balaban J connectivity index is 2.07. The molecule has 0 atom stereocenters. The fourth-order valence-electron chi connectivity index (χ4n) is 1.73. The maximum Gasteiger partial charge on any atom is 0.0588 e. The molecular weight excluding hydrogens is 252 g/mol. The zero-order valence-electron chi connectivity index (χ0n) is 8.85. The minimum Gasteiger partial charge on any atom is -0.354 e. The summed E-state index contributed by atoms with van der Waals surface area (Å²) in [5.74, 6) is 0. The molecule has 0 aliphatic carbocycles. The van der Waals surface area contributed by atoms with Crippen LogP contribution in [0, 0.1) is 0 Å². The van der Waals surface area contributed by atoms with Crippen molar-refractivity contribution in [1.82, 2.24) is 4.98 Å². The first-order valence-electron chi connectivity index (χ1n) is 5.17. The molecule has 0 saturated carbocycles. The largest absolute Gasteiger partial charge is 0.354 e. The van der Waals surface area contributed by atoms with E-state index >= 15 is 0 Å². The van der Waals surface area contributed by atoms with Crippen molar-refractivity contribution in [3.63, 3.8) is 0 Å². The van der Waals surface area contributed by atoms with Crippen LogP contribution < -0.4 is 5.32 Å². The van der Waals surface area contributed by atoms with Crippen LogP contribution in [0.25, 0.3) is 10.1 Å². The van der Waals surface area contributed by atoms with Gasteiger partial charge in [0.1, 0.15) is 0 Å². The van der Waals surface area contributed by atoms with E-state index in [-0.39, 0.29) is 0 Å². The molecule has 2 aromatic heterocycles. The third-order valence-corrected chi connectivity index (χ3v) is 3.77. The zero-order chi connectivity index (χ0) is 11.7. The number of nitrogens with zero attached hydrogens (tertiary/aromatic N) is 1. The number of hydrogen-bond acceptors (Lipinski definition) is 3. The molecule has 0 unspecified atom stereocenters. The number of fused-ring (bicyclic) bond motifs is 1. The summed E-state index contributed by atoms with van der Waals surface area (Å²) >= 11 is 7.91. The minimum absolute atomic E-state index is 0.778. The molecule has 17 heavy (non-hydrogen) atoms. The third-order valence-electron chi connectivity index (χ3n) is 2.51. The lowest BCUT2D eigenvalue weighted by Gasteiger charge is -2.05. The molecule has 0 amide bonds. The van der Waals surface area contributed by atoms with Gasteiger partial charge in [0.05, 0.1) is 10.7 Å². The lowest BCUT2D eigenvalue weighted by Crippen LogP contribution is -1.88. The van der Waals surface area contributed by atoms with Gasteiger partial charge in [0.2, 0.25) is 0 Å². The smallest absolute Gasteiger partial charge is 0.0588 e. The van der Waals surface area contributed by atoms with Crippen molar-refractivity contribution >= 4 is 44.4 Å². The van der Waals surface area contributed by atoms with Crippen molar-refractivity contribution in [3.8, 4) is 0 Å². The van der Waals surface area contributed by atoms with E-state index < -0.39 is 0 Å². The first kappa shape index (κ1) is 10.6. The Hall–Kier alpha value is -1.58. The standard InChI is InChI=1S/C13H9ClN2S/c14-10-2-1-3-12-13(10)11(8-17-12)16-9-4-6-15-7-5-9/h1-8H,(H,15,16). The van der Waals surface area contributed by atoms with Crippen LogP contribution in [0.2, 0.25) is 5.02 Å². The van der Waals surface area contributed by atoms with Crippen molar-refractivity contribution < 1.29 is 0 Å². The Morgan fingerprint density at radius 2 is 1.94 bits per heavy atom. The topological polar surface area (TPSA) is 24.9 Å². The number of pyridine rings is 1. The molecule has 0 fully saturated rings. The summed E-state index contributed by atoms with van der Waals surface area (Å²) in [6.07, 6.45) is 3.52. The van der Waals surface area contributed by atoms with E-state index in [4.69, 9.17) is 11.6 Å². The van der Waals surface area contributed by atoms with Gasteiger partial charge in [0.15, 0.2) is 0 Å². The van der Waals surface area contributed by atoms with Crippen molar-refractivity contribution in [1.29, 1.82) is 0 Å². The quantitative estimate of drug-likeness (QED) is 0.723. The summed E-state index contributed by atoms with van der Waals surface area (Å²) in [5.41, 5.74) is 2.06. The molecule has 2 nitrogen and oxygen atoms in total. The highest BCUT2D eigenvalue weighted by Gasteiger charge is 2.07. The van der Waals surface area contributed by atoms with Gasteiger partial charge in [-0.25, -0.2) is 0 Å². The molecule has 0 radical (unpaired) electrons. The molecule has 4 heteroatoms. The number of nitrogens with one attached hydrogen (secondary N) is 1. The second-order valence-corrected chi connectivity index (χ2v) is 4.94. The lowest BCUT2D eigenvalue weighted by atomic mass is 10.2. The highest BCUT2D eigenvalue weighted by atomic mass is 35.5. The summed E-state index contributed by atoms with van der Waals surface area (Å²) in [4.78, 5) is 3.99. The predicted octanol–water partition coefficient (Wildman–Crippen LogP) is 4.69. The van der Waals surface area contributed by atoms with Gasteiger partial charge < -0.3 is 5.32 Å². The second kappa shape index (κ2) is 4.35. The summed E-state index contributed by atoms with van der Waals surface area (Å²) in [6, 6.07) is 9.82. The normalized spacial score (nSPS) is 10.6. The third kappa shape index (κ3) is 1.99. The van der Waals surface area contributed by atoms with Crippen LogP contribution in [0.1, 0.15) is 0 Å². The van der Waals surface area contributed by atoms with Gasteiger partial charge in [-0.2, -0.15) is 0 Å². The molecule has 3 aromatic rings. The van der Waals surface area contributed by atoms with Crippen molar-refractivity contribution in [2.24, 2.45) is 0 Å². The molecule has 1 N–H and O–H groups in total. The van der Waals surface area contributed by atoms with Crippen molar-refractivity contribution in [2.45, 2.75) is 0 Å². The Morgan fingerprint density at radius 3 is 2.76 bits per heavy atom. The molecule has 0 saturated heterocycles. The summed E-state index contributed by atoms with van der Waals surface area (Å²) < 4.78 is 1.19. The average molecular weight is 261 g/mol. The number of halogens is 1. The summed E-state index contributed by atoms with van der Waals surface area (Å²) in [5, 5.41) is 7.29. The van der Waals surface area contributed by atoms with Gasteiger partial charge in [-0.15, -0.1) is 11.3 Å². The molecule has 0 aliphatic rings. The van der Waals surface area contributed by atoms with E-state index in [1.54, 1.807) is 23.7 Å². The van der Waals surface area contributed by atoms with E-state index in [1.165, 1.54) is 4.70 Å². The highest BCUT2D eigenvalue weighted by molar-refractivity contribution is 7.18. The molecule has 84 valence electrons. The van der Waals surface area contributed by atoms with Crippen LogP contribution in [-0.2, 0) is 0 Å². The first-order valence-corrected chi connectivity index (χ1v) is 6.43. The Bertz CT molecular complexity index is 649. The SMILES string of the molecule is Clc1cccc2scc(Nc3ccncc3)c12. The highest BCUT2D eigenvalue weighted by Crippen LogP contribution is 2.36. The van der Waals surface area contributed by atoms with Crippen LogP contribution in [0.15, 0.2) is 48.1 Å². The number of anilines is 2. The molecule has 0 spiro atoms. The van der Waals surface area contributed by atoms with Gasteiger partial charge >= 0.3 is 0 Å². The van der Waals surface area contributed by atoms with Crippen LogP contribution in [0.5, 0.6) is 0 Å². The number of benzene rings is 1. The molecule has 0 bridgehead atoms. The van der Waals surface area contributed by atoms with Gasteiger partial charge in [-0.05, 0) is 24.3 Å². The van der Waals surface area contributed by atoms with E-state index in [2.05, 4.69) is 21.7 Å². The van der Waals surface area contributed by atoms with Crippen LogP contribution in [-0.4, -0.2) is 4.98 Å². The minimum atomic E-state index is 0.778. The predicted molar refractivity (Wildman–Crippen MR) is 74.4 cm³/mol. The van der Waals surface area contributed by atoms with Gasteiger partial charge in [-0.1, -0.05) is 17.7 Å². The maximum absolute atomic E-state index is 6.22. The molecule has 1 aromatic carbocycles. The van der Waals surface area contributed by atoms with Crippen molar-refractivity contribution in [3.05, 3.63) is 53.1 Å². The fraction of sp³-hybridized carbons (Fsp3) is 0.